The van der Waals surface area contributed by atoms with Crippen molar-refractivity contribution in [3.05, 3.63) is 81.4 Å². The molecule has 0 aliphatic rings. The summed E-state index contributed by atoms with van der Waals surface area (Å²) < 4.78 is 21.2. The second-order valence-electron chi connectivity index (χ2n) is 8.68. The van der Waals surface area contributed by atoms with Crippen molar-refractivity contribution in [3.63, 3.8) is 0 Å². The molecule has 0 spiro atoms. The molecule has 0 radical (unpaired) electrons. The van der Waals surface area contributed by atoms with Crippen LogP contribution in [0, 0.1) is 16.0 Å². The number of nitro benzene ring substituents is 1. The number of amides is 2. The number of nitrogens with zero attached hydrogens (tertiary/aromatic N) is 2. The molecular weight excluding hydrogens is 536 g/mol. The lowest BCUT2D eigenvalue weighted by Gasteiger charge is -2.14. The number of anilines is 1. The van der Waals surface area contributed by atoms with E-state index < -0.39 is 22.5 Å². The molecule has 0 unspecified atom stereocenters. The molecule has 2 amide bonds. The second-order valence-corrected chi connectivity index (χ2v) is 8.68. The maximum absolute atomic E-state index is 13.0. The molecular formula is C28H28N4O9. The Bertz CT molecular complexity index is 1460. The quantitative estimate of drug-likeness (QED) is 0.114. The first-order chi connectivity index (χ1) is 19.6. The maximum atomic E-state index is 13.0. The summed E-state index contributed by atoms with van der Waals surface area (Å²) >= 11 is 0. The van der Waals surface area contributed by atoms with Crippen molar-refractivity contribution < 1.29 is 38.3 Å². The normalized spacial score (nSPS) is 10.7. The Balaban J connectivity index is 1.82. The van der Waals surface area contributed by atoms with Gasteiger partial charge in [0.05, 0.1) is 38.0 Å². The predicted octanol–water partition coefficient (Wildman–Crippen LogP) is 4.20. The van der Waals surface area contributed by atoms with Gasteiger partial charge in [0.15, 0.2) is 11.5 Å². The number of esters is 1. The highest BCUT2D eigenvalue weighted by Crippen LogP contribution is 2.39. The van der Waals surface area contributed by atoms with Gasteiger partial charge in [-0.2, -0.15) is 5.10 Å². The molecule has 0 aliphatic carbocycles. The number of carbonyl (C=O) groups excluding carboxylic acids is 3. The van der Waals surface area contributed by atoms with Gasteiger partial charge in [0, 0.05) is 28.8 Å². The van der Waals surface area contributed by atoms with Crippen LogP contribution in [0.4, 0.5) is 11.4 Å². The number of para-hydroxylation sites is 1. The number of carbonyl (C=O) groups is 3. The first-order valence-electron chi connectivity index (χ1n) is 12.1. The fraction of sp³-hybridized carbons (Fsp3) is 0.214. The predicted molar refractivity (Wildman–Crippen MR) is 149 cm³/mol. The van der Waals surface area contributed by atoms with Crippen LogP contribution in [0.1, 0.15) is 40.1 Å². The van der Waals surface area contributed by atoms with E-state index in [1.165, 1.54) is 57.7 Å². The van der Waals surface area contributed by atoms with E-state index >= 15 is 0 Å². The molecule has 214 valence electrons. The van der Waals surface area contributed by atoms with Gasteiger partial charge in [0.2, 0.25) is 17.4 Å². The lowest BCUT2D eigenvalue weighted by molar-refractivity contribution is -0.385. The van der Waals surface area contributed by atoms with Gasteiger partial charge in [-0.1, -0.05) is 19.9 Å². The van der Waals surface area contributed by atoms with Crippen molar-refractivity contribution in [2.24, 2.45) is 11.0 Å². The molecule has 0 heterocycles. The van der Waals surface area contributed by atoms with Crippen molar-refractivity contribution in [2.75, 3.05) is 26.6 Å². The summed E-state index contributed by atoms with van der Waals surface area (Å²) in [7, 11) is 4.14. The smallest absolute Gasteiger partial charge is 0.344 e. The fourth-order valence-corrected chi connectivity index (χ4v) is 3.47. The van der Waals surface area contributed by atoms with Crippen molar-refractivity contribution >= 4 is 35.4 Å². The Hall–Kier alpha value is -5.46. The van der Waals surface area contributed by atoms with Crippen molar-refractivity contribution in [3.8, 4) is 23.0 Å². The van der Waals surface area contributed by atoms with Gasteiger partial charge >= 0.3 is 11.7 Å². The number of rotatable bonds is 11. The molecule has 2 N–H and O–H groups in total. The summed E-state index contributed by atoms with van der Waals surface area (Å²) in [5.41, 5.74) is 2.61. The highest BCUT2D eigenvalue weighted by atomic mass is 16.6. The van der Waals surface area contributed by atoms with Crippen molar-refractivity contribution in [1.82, 2.24) is 5.43 Å². The molecule has 3 aromatic carbocycles. The lowest BCUT2D eigenvalue weighted by Crippen LogP contribution is -2.19. The summed E-state index contributed by atoms with van der Waals surface area (Å²) in [5, 5.41) is 18.3. The minimum absolute atomic E-state index is 0.0260. The van der Waals surface area contributed by atoms with E-state index in [1.807, 2.05) is 0 Å². The number of benzene rings is 3. The largest absolute Gasteiger partial charge is 0.493 e. The van der Waals surface area contributed by atoms with Crippen LogP contribution in [0.25, 0.3) is 0 Å². The fourth-order valence-electron chi connectivity index (χ4n) is 3.47. The molecule has 13 heteroatoms. The second kappa shape index (κ2) is 13.6. The minimum atomic E-state index is -0.943. The summed E-state index contributed by atoms with van der Waals surface area (Å²) in [6, 6.07) is 12.8. The Morgan fingerprint density at radius 3 is 2.07 bits per heavy atom. The third-order valence-corrected chi connectivity index (χ3v) is 5.63. The number of nitrogens with one attached hydrogen (secondary N) is 2. The zero-order valence-corrected chi connectivity index (χ0v) is 22.9. The monoisotopic (exact) mass is 564 g/mol. The number of nitro groups is 1. The summed E-state index contributed by atoms with van der Waals surface area (Å²) in [4.78, 5) is 48.4. The molecule has 0 saturated carbocycles. The summed E-state index contributed by atoms with van der Waals surface area (Å²) in [6.07, 6.45) is 1.11. The molecule has 41 heavy (non-hydrogen) atoms. The maximum Gasteiger partial charge on any atom is 0.344 e. The van der Waals surface area contributed by atoms with Gasteiger partial charge in [-0.3, -0.25) is 19.7 Å². The van der Waals surface area contributed by atoms with Gasteiger partial charge in [0.25, 0.3) is 5.91 Å². The van der Waals surface area contributed by atoms with E-state index in [-0.39, 0.29) is 51.5 Å². The standard InChI is InChI=1S/C28H28N4O9/c1-16(2)26(33)30-20-11-9-17(10-12-20)27(34)31-29-15-18-7-6-8-21(32(36)37)24(18)41-28(35)19-13-22(38-3)25(40-5)23(14-19)39-4/h6-16H,1-5H3,(H,30,33)(H,31,34)/b29-15+. The molecule has 0 atom stereocenters. The zero-order valence-electron chi connectivity index (χ0n) is 22.9. The highest BCUT2D eigenvalue weighted by molar-refractivity contribution is 5.98. The number of hydrogen-bond acceptors (Lipinski definition) is 10. The zero-order chi connectivity index (χ0) is 30.1. The van der Waals surface area contributed by atoms with Crippen LogP contribution in [-0.4, -0.2) is 50.3 Å². The number of hydrogen-bond donors (Lipinski definition) is 2. The van der Waals surface area contributed by atoms with Crippen LogP contribution >= 0.6 is 0 Å². The van der Waals surface area contributed by atoms with Gasteiger partial charge in [-0.25, -0.2) is 10.2 Å². The number of hydrazone groups is 1. The van der Waals surface area contributed by atoms with Crippen molar-refractivity contribution in [2.45, 2.75) is 13.8 Å². The molecule has 3 aromatic rings. The highest BCUT2D eigenvalue weighted by Gasteiger charge is 2.24. The topological polar surface area (TPSA) is 168 Å². The third-order valence-electron chi connectivity index (χ3n) is 5.63. The van der Waals surface area contributed by atoms with Crippen LogP contribution in [0.3, 0.4) is 0 Å². The van der Waals surface area contributed by atoms with Crippen LogP contribution in [0.5, 0.6) is 23.0 Å². The van der Waals surface area contributed by atoms with Gasteiger partial charge in [-0.15, -0.1) is 0 Å². The molecule has 3 rings (SSSR count). The molecule has 0 aromatic heterocycles. The van der Waals surface area contributed by atoms with Crippen molar-refractivity contribution in [1.29, 1.82) is 0 Å². The van der Waals surface area contributed by atoms with E-state index in [0.29, 0.717) is 5.69 Å². The Morgan fingerprint density at radius 1 is 0.902 bits per heavy atom. The van der Waals surface area contributed by atoms with Crippen LogP contribution in [-0.2, 0) is 4.79 Å². The molecule has 0 fully saturated rings. The average Bonchev–Trinajstić information content (AvgIpc) is 2.96. The van der Waals surface area contributed by atoms with Gasteiger partial charge in [-0.05, 0) is 42.5 Å². The molecule has 0 aliphatic heterocycles. The lowest BCUT2D eigenvalue weighted by atomic mass is 10.1. The van der Waals surface area contributed by atoms with Gasteiger partial charge < -0.3 is 24.3 Å². The summed E-state index contributed by atoms with van der Waals surface area (Å²) in [6.45, 7) is 3.52. The third kappa shape index (κ3) is 7.35. The van der Waals surface area contributed by atoms with Crippen LogP contribution < -0.4 is 29.7 Å². The Labute approximate surface area is 235 Å². The first kappa shape index (κ1) is 30.1. The van der Waals surface area contributed by atoms with E-state index in [0.717, 1.165) is 12.3 Å². The molecule has 0 bridgehead atoms. The Kier molecular flexibility index (Phi) is 9.95. The van der Waals surface area contributed by atoms with E-state index in [4.69, 9.17) is 18.9 Å². The average molecular weight is 565 g/mol. The number of methoxy groups -OCH3 is 3. The van der Waals surface area contributed by atoms with Crippen LogP contribution in [0.15, 0.2) is 59.7 Å². The van der Waals surface area contributed by atoms with E-state index in [2.05, 4.69) is 15.8 Å². The van der Waals surface area contributed by atoms with Gasteiger partial charge in [0.1, 0.15) is 0 Å². The molecule has 0 saturated heterocycles. The minimum Gasteiger partial charge on any atom is -0.493 e. The van der Waals surface area contributed by atoms with Crippen LogP contribution in [0.2, 0.25) is 0 Å². The Morgan fingerprint density at radius 2 is 1.54 bits per heavy atom. The molecule has 13 nitrogen and oxygen atoms in total. The number of ether oxygens (including phenoxy) is 4. The first-order valence-corrected chi connectivity index (χ1v) is 12.1. The SMILES string of the molecule is COc1cc(C(=O)Oc2c(/C=N/NC(=O)c3ccc(NC(=O)C(C)C)cc3)cccc2[N+](=O)[O-])cc(OC)c1OC. The summed E-state index contributed by atoms with van der Waals surface area (Å²) in [5.74, 6) is -1.67. The van der Waals surface area contributed by atoms with E-state index in [1.54, 1.807) is 26.0 Å². The van der Waals surface area contributed by atoms with E-state index in [9.17, 15) is 24.5 Å².